The molecule has 1 heterocycles. The molecule has 0 aromatic carbocycles. The molecule has 0 saturated carbocycles. The van der Waals surface area contributed by atoms with Crippen molar-refractivity contribution in [1.82, 2.24) is 4.90 Å². The van der Waals surface area contributed by atoms with E-state index in [0.29, 0.717) is 18.7 Å². The van der Waals surface area contributed by atoms with Gasteiger partial charge in [-0.2, -0.15) is 12.6 Å². The number of amides is 1. The molecule has 18 heavy (non-hydrogen) atoms. The van der Waals surface area contributed by atoms with Gasteiger partial charge in [0.1, 0.15) is 6.04 Å². The van der Waals surface area contributed by atoms with Gasteiger partial charge in [-0.05, 0) is 24.5 Å². The Labute approximate surface area is 110 Å². The Hall–Kier alpha value is -1.24. The summed E-state index contributed by atoms with van der Waals surface area (Å²) in [4.78, 5) is 34.6. The maximum absolute atomic E-state index is 11.7. The largest absolute Gasteiger partial charge is 0.481 e. The van der Waals surface area contributed by atoms with Gasteiger partial charge in [0.05, 0.1) is 0 Å². The van der Waals surface area contributed by atoms with Gasteiger partial charge < -0.3 is 15.1 Å². The van der Waals surface area contributed by atoms with Crippen LogP contribution in [0.4, 0.5) is 0 Å². The highest BCUT2D eigenvalue weighted by atomic mass is 32.1. The van der Waals surface area contributed by atoms with Crippen LogP contribution in [0.25, 0.3) is 0 Å². The number of hydrogen-bond donors (Lipinski definition) is 3. The molecule has 6 nitrogen and oxygen atoms in total. The van der Waals surface area contributed by atoms with Crippen molar-refractivity contribution in [3.8, 4) is 0 Å². The summed E-state index contributed by atoms with van der Waals surface area (Å²) in [5.74, 6) is -1.59. The van der Waals surface area contributed by atoms with Crippen LogP contribution in [0, 0.1) is 5.92 Å². The molecule has 0 spiro atoms. The highest BCUT2D eigenvalue weighted by Gasteiger charge is 2.36. The third kappa shape index (κ3) is 3.90. The summed E-state index contributed by atoms with van der Waals surface area (Å²) < 4.78 is 0. The highest BCUT2D eigenvalue weighted by molar-refractivity contribution is 7.80. The molecule has 1 aliphatic heterocycles. The van der Waals surface area contributed by atoms with Crippen molar-refractivity contribution in [3.63, 3.8) is 0 Å². The third-order valence-corrected chi connectivity index (χ3v) is 3.54. The van der Waals surface area contributed by atoms with Crippen LogP contribution in [0.15, 0.2) is 0 Å². The van der Waals surface area contributed by atoms with Crippen molar-refractivity contribution < 1.29 is 24.6 Å². The molecule has 0 radical (unpaired) electrons. The van der Waals surface area contributed by atoms with Crippen LogP contribution in [-0.4, -0.2) is 51.3 Å². The van der Waals surface area contributed by atoms with Gasteiger partial charge >= 0.3 is 11.9 Å². The van der Waals surface area contributed by atoms with Crippen LogP contribution >= 0.6 is 12.6 Å². The number of carboxylic acids is 2. The lowest BCUT2D eigenvalue weighted by atomic mass is 10.1. The lowest BCUT2D eigenvalue weighted by Crippen LogP contribution is -2.42. The minimum Gasteiger partial charge on any atom is -0.481 e. The zero-order valence-corrected chi connectivity index (χ0v) is 10.8. The van der Waals surface area contributed by atoms with Gasteiger partial charge in [-0.25, -0.2) is 4.79 Å². The summed E-state index contributed by atoms with van der Waals surface area (Å²) in [6.45, 7) is 0.395. The van der Waals surface area contributed by atoms with E-state index in [1.807, 2.05) is 0 Å². The van der Waals surface area contributed by atoms with Crippen molar-refractivity contribution in [2.75, 3.05) is 12.3 Å². The number of rotatable bonds is 7. The first-order valence-corrected chi connectivity index (χ1v) is 6.44. The third-order valence-electron chi connectivity index (χ3n) is 3.03. The Balaban J connectivity index is 2.59. The summed E-state index contributed by atoms with van der Waals surface area (Å²) in [5, 5.41) is 17.6. The first kappa shape index (κ1) is 14.8. The summed E-state index contributed by atoms with van der Waals surface area (Å²) in [5.41, 5.74) is 0. The van der Waals surface area contributed by atoms with E-state index in [-0.39, 0.29) is 31.1 Å². The molecule has 1 unspecified atom stereocenters. The van der Waals surface area contributed by atoms with Gasteiger partial charge in [-0.3, -0.25) is 9.59 Å². The minimum absolute atomic E-state index is 0.0815. The fourth-order valence-electron chi connectivity index (χ4n) is 2.09. The van der Waals surface area contributed by atoms with Gasteiger partial charge in [0.25, 0.3) is 0 Å². The molecule has 0 aromatic heterocycles. The van der Waals surface area contributed by atoms with Crippen molar-refractivity contribution >= 4 is 30.5 Å². The van der Waals surface area contributed by atoms with Crippen molar-refractivity contribution in [1.29, 1.82) is 0 Å². The van der Waals surface area contributed by atoms with E-state index >= 15 is 0 Å². The Bertz CT molecular complexity index is 346. The van der Waals surface area contributed by atoms with Crippen molar-refractivity contribution in [3.05, 3.63) is 0 Å². The summed E-state index contributed by atoms with van der Waals surface area (Å²) in [7, 11) is 0. The minimum atomic E-state index is -1.08. The van der Waals surface area contributed by atoms with Crippen LogP contribution in [0.1, 0.15) is 25.7 Å². The summed E-state index contributed by atoms with van der Waals surface area (Å²) >= 11 is 4.11. The molecule has 7 heteroatoms. The molecule has 1 saturated heterocycles. The predicted octanol–water partition coefficient (Wildman–Crippen LogP) is 0.473. The molecule has 0 aliphatic carbocycles. The molecule has 1 rings (SSSR count). The Kier molecular flexibility index (Phi) is 5.46. The van der Waals surface area contributed by atoms with E-state index in [1.54, 1.807) is 0 Å². The van der Waals surface area contributed by atoms with E-state index in [1.165, 1.54) is 4.90 Å². The average Bonchev–Trinajstić information content (AvgIpc) is 2.65. The molecule has 1 amide bonds. The number of carbonyl (C=O) groups excluding carboxylic acids is 1. The normalized spacial score (nSPS) is 21.1. The Morgan fingerprint density at radius 1 is 1.44 bits per heavy atom. The smallest absolute Gasteiger partial charge is 0.326 e. The van der Waals surface area contributed by atoms with Gasteiger partial charge in [0.2, 0.25) is 5.91 Å². The fourth-order valence-corrected chi connectivity index (χ4v) is 2.34. The average molecular weight is 275 g/mol. The van der Waals surface area contributed by atoms with E-state index in [2.05, 4.69) is 12.6 Å². The van der Waals surface area contributed by atoms with Gasteiger partial charge in [0.15, 0.2) is 0 Å². The second-order valence-electron chi connectivity index (χ2n) is 4.44. The lowest BCUT2D eigenvalue weighted by molar-refractivity contribution is -0.149. The standard InChI is InChI=1S/C11H17NO5S/c13-9-4-7(6-18)5-12(9)8(11(16)17)2-1-3-10(14)15/h7-8,18H,1-6H2,(H,14,15)(H,16,17)/t7?,8-/m1/s1. The lowest BCUT2D eigenvalue weighted by Gasteiger charge is -2.24. The number of aliphatic carboxylic acids is 2. The zero-order chi connectivity index (χ0) is 13.7. The van der Waals surface area contributed by atoms with Gasteiger partial charge in [0, 0.05) is 19.4 Å². The molecule has 2 N–H and O–H groups in total. The maximum Gasteiger partial charge on any atom is 0.326 e. The number of carbonyl (C=O) groups is 3. The van der Waals surface area contributed by atoms with Gasteiger partial charge in [-0.1, -0.05) is 0 Å². The second kappa shape index (κ2) is 6.63. The Morgan fingerprint density at radius 2 is 2.11 bits per heavy atom. The molecule has 0 aromatic rings. The summed E-state index contributed by atoms with van der Waals surface area (Å²) in [6, 6.07) is -0.915. The topological polar surface area (TPSA) is 94.9 Å². The zero-order valence-electron chi connectivity index (χ0n) is 9.91. The van der Waals surface area contributed by atoms with E-state index in [0.717, 1.165) is 0 Å². The van der Waals surface area contributed by atoms with Gasteiger partial charge in [-0.15, -0.1) is 0 Å². The van der Waals surface area contributed by atoms with Crippen LogP contribution in [0.3, 0.4) is 0 Å². The number of hydrogen-bond acceptors (Lipinski definition) is 4. The highest BCUT2D eigenvalue weighted by Crippen LogP contribution is 2.23. The first-order valence-electron chi connectivity index (χ1n) is 5.80. The quantitative estimate of drug-likeness (QED) is 0.587. The molecule has 2 atom stereocenters. The SMILES string of the molecule is O=C(O)CCC[C@H](C(=O)O)N1CC(CS)CC1=O. The monoisotopic (exact) mass is 275 g/mol. The number of nitrogens with zero attached hydrogens (tertiary/aromatic N) is 1. The number of likely N-dealkylation sites (tertiary alicyclic amines) is 1. The van der Waals surface area contributed by atoms with Crippen molar-refractivity contribution in [2.45, 2.75) is 31.7 Å². The molecule has 1 fully saturated rings. The molecule has 102 valence electrons. The number of thiol groups is 1. The van der Waals surface area contributed by atoms with E-state index < -0.39 is 18.0 Å². The predicted molar refractivity (Wildman–Crippen MR) is 66.6 cm³/mol. The summed E-state index contributed by atoms with van der Waals surface area (Å²) in [6.07, 6.45) is 0.669. The first-order chi connectivity index (χ1) is 8.45. The van der Waals surface area contributed by atoms with E-state index in [4.69, 9.17) is 10.2 Å². The fraction of sp³-hybridized carbons (Fsp3) is 0.727. The maximum atomic E-state index is 11.7. The van der Waals surface area contributed by atoms with Crippen LogP contribution in [-0.2, 0) is 14.4 Å². The van der Waals surface area contributed by atoms with Crippen LogP contribution in [0.2, 0.25) is 0 Å². The molecular formula is C11H17NO5S. The van der Waals surface area contributed by atoms with Crippen molar-refractivity contribution in [2.24, 2.45) is 5.92 Å². The van der Waals surface area contributed by atoms with E-state index in [9.17, 15) is 14.4 Å². The molecular weight excluding hydrogens is 258 g/mol. The number of carboxylic acid groups (broad SMARTS) is 2. The van der Waals surface area contributed by atoms with Crippen LogP contribution < -0.4 is 0 Å². The second-order valence-corrected chi connectivity index (χ2v) is 4.80. The molecule has 0 bridgehead atoms. The Morgan fingerprint density at radius 3 is 2.56 bits per heavy atom. The molecule has 1 aliphatic rings. The van der Waals surface area contributed by atoms with Crippen LogP contribution in [0.5, 0.6) is 0 Å².